The standard InChI is InChI=1S/C11H15NO5S2/c1-3-6-12(7-8-17-2)19(15,16)10-5-4-9(18-10)11(13)14/h3-5H,1,6-8H2,2H3,(H,13,14). The number of thiophene rings is 1. The fourth-order valence-electron chi connectivity index (χ4n) is 1.35. The Labute approximate surface area is 116 Å². The molecule has 1 N–H and O–H groups in total. The highest BCUT2D eigenvalue weighted by atomic mass is 32.2. The lowest BCUT2D eigenvalue weighted by molar-refractivity contribution is 0.0702. The lowest BCUT2D eigenvalue weighted by Gasteiger charge is -2.19. The average molecular weight is 305 g/mol. The fourth-order valence-corrected chi connectivity index (χ4v) is 4.04. The summed E-state index contributed by atoms with van der Waals surface area (Å²) in [6, 6.07) is 2.58. The van der Waals surface area contributed by atoms with Gasteiger partial charge in [0.1, 0.15) is 9.09 Å². The average Bonchev–Trinajstić information content (AvgIpc) is 2.84. The summed E-state index contributed by atoms with van der Waals surface area (Å²) >= 11 is 0.731. The van der Waals surface area contributed by atoms with Crippen molar-refractivity contribution in [2.24, 2.45) is 0 Å². The molecule has 0 saturated carbocycles. The largest absolute Gasteiger partial charge is 0.477 e. The zero-order valence-electron chi connectivity index (χ0n) is 10.4. The summed E-state index contributed by atoms with van der Waals surface area (Å²) in [5.74, 6) is -1.14. The number of rotatable bonds is 8. The van der Waals surface area contributed by atoms with Gasteiger partial charge in [0.25, 0.3) is 10.0 Å². The van der Waals surface area contributed by atoms with E-state index in [2.05, 4.69) is 6.58 Å². The van der Waals surface area contributed by atoms with E-state index in [-0.39, 0.29) is 28.8 Å². The monoisotopic (exact) mass is 305 g/mol. The van der Waals surface area contributed by atoms with Crippen LogP contribution in [0.4, 0.5) is 0 Å². The van der Waals surface area contributed by atoms with Gasteiger partial charge < -0.3 is 9.84 Å². The first-order valence-corrected chi connectivity index (χ1v) is 7.62. The second-order valence-corrected chi connectivity index (χ2v) is 6.82. The lowest BCUT2D eigenvalue weighted by Crippen LogP contribution is -2.33. The Morgan fingerprint density at radius 2 is 2.26 bits per heavy atom. The number of aromatic carboxylic acids is 1. The third-order valence-corrected chi connectivity index (χ3v) is 5.67. The molecule has 19 heavy (non-hydrogen) atoms. The van der Waals surface area contributed by atoms with Crippen LogP contribution in [0.3, 0.4) is 0 Å². The molecule has 1 aromatic heterocycles. The topological polar surface area (TPSA) is 83.9 Å². The molecule has 1 aromatic rings. The van der Waals surface area contributed by atoms with Crippen LogP contribution in [0.5, 0.6) is 0 Å². The number of hydrogen-bond acceptors (Lipinski definition) is 5. The number of sulfonamides is 1. The van der Waals surface area contributed by atoms with Crippen molar-refractivity contribution < 1.29 is 23.1 Å². The van der Waals surface area contributed by atoms with Gasteiger partial charge in [0.2, 0.25) is 0 Å². The Balaban J connectivity index is 3.03. The second kappa shape index (κ2) is 6.80. The molecule has 0 amide bonds. The zero-order valence-corrected chi connectivity index (χ0v) is 12.0. The smallest absolute Gasteiger partial charge is 0.345 e. The summed E-state index contributed by atoms with van der Waals surface area (Å²) in [4.78, 5) is 10.8. The molecule has 0 aliphatic heterocycles. The van der Waals surface area contributed by atoms with E-state index in [0.717, 1.165) is 11.3 Å². The highest BCUT2D eigenvalue weighted by molar-refractivity contribution is 7.91. The van der Waals surface area contributed by atoms with E-state index in [9.17, 15) is 13.2 Å². The van der Waals surface area contributed by atoms with Crippen molar-refractivity contribution >= 4 is 27.3 Å². The predicted octanol–water partition coefficient (Wildman–Crippen LogP) is 1.27. The molecular formula is C11H15NO5S2. The Bertz CT molecular complexity index is 549. The Morgan fingerprint density at radius 1 is 1.58 bits per heavy atom. The Morgan fingerprint density at radius 3 is 2.74 bits per heavy atom. The van der Waals surface area contributed by atoms with E-state index in [1.807, 2.05) is 0 Å². The van der Waals surface area contributed by atoms with Crippen molar-refractivity contribution in [1.29, 1.82) is 0 Å². The van der Waals surface area contributed by atoms with Crippen LogP contribution in [0.1, 0.15) is 9.67 Å². The molecule has 0 saturated heterocycles. The van der Waals surface area contributed by atoms with Crippen molar-refractivity contribution in [2.45, 2.75) is 4.21 Å². The normalized spacial score (nSPS) is 11.7. The number of methoxy groups -OCH3 is 1. The van der Waals surface area contributed by atoms with Crippen molar-refractivity contribution in [3.63, 3.8) is 0 Å². The maximum atomic E-state index is 12.3. The summed E-state index contributed by atoms with van der Waals surface area (Å²) in [5, 5.41) is 8.81. The van der Waals surface area contributed by atoms with Gasteiger partial charge in [0, 0.05) is 20.2 Å². The number of ether oxygens (including phenoxy) is 1. The Kier molecular flexibility index (Phi) is 5.67. The van der Waals surface area contributed by atoms with Crippen LogP contribution in [0, 0.1) is 0 Å². The molecule has 6 nitrogen and oxygen atoms in total. The molecular weight excluding hydrogens is 290 g/mol. The molecule has 0 aliphatic rings. The maximum absolute atomic E-state index is 12.3. The van der Waals surface area contributed by atoms with Crippen molar-refractivity contribution in [3.05, 3.63) is 29.7 Å². The Hall–Kier alpha value is -1.22. The molecule has 0 radical (unpaired) electrons. The minimum absolute atomic E-state index is 0.00264. The summed E-state index contributed by atoms with van der Waals surface area (Å²) < 4.78 is 30.7. The van der Waals surface area contributed by atoms with Crippen molar-refractivity contribution in [3.8, 4) is 0 Å². The summed E-state index contributed by atoms with van der Waals surface area (Å²) in [5.41, 5.74) is 0. The predicted molar refractivity (Wildman–Crippen MR) is 72.1 cm³/mol. The first kappa shape index (κ1) is 15.8. The molecule has 0 unspecified atom stereocenters. The van der Waals surface area contributed by atoms with E-state index < -0.39 is 16.0 Å². The van der Waals surface area contributed by atoms with Crippen LogP contribution in [0.15, 0.2) is 29.0 Å². The molecule has 0 bridgehead atoms. The van der Waals surface area contributed by atoms with Crippen molar-refractivity contribution in [1.82, 2.24) is 4.31 Å². The quantitative estimate of drug-likeness (QED) is 0.731. The first-order chi connectivity index (χ1) is 8.93. The van der Waals surface area contributed by atoms with Gasteiger partial charge in [0.15, 0.2) is 0 Å². The number of nitrogens with zero attached hydrogens (tertiary/aromatic N) is 1. The van der Waals surface area contributed by atoms with Crippen LogP contribution < -0.4 is 0 Å². The first-order valence-electron chi connectivity index (χ1n) is 5.36. The molecule has 1 heterocycles. The summed E-state index contributed by atoms with van der Waals surface area (Å²) in [6.07, 6.45) is 1.47. The van der Waals surface area contributed by atoms with Gasteiger partial charge in [-0.1, -0.05) is 6.08 Å². The van der Waals surface area contributed by atoms with Crippen LogP contribution in [0.2, 0.25) is 0 Å². The van der Waals surface area contributed by atoms with E-state index in [0.29, 0.717) is 0 Å². The highest BCUT2D eigenvalue weighted by Gasteiger charge is 2.25. The molecule has 0 fully saturated rings. The SMILES string of the molecule is C=CCN(CCOC)S(=O)(=O)c1ccc(C(=O)O)s1. The highest BCUT2D eigenvalue weighted by Crippen LogP contribution is 2.24. The lowest BCUT2D eigenvalue weighted by atomic mass is 10.5. The number of carboxylic acid groups (broad SMARTS) is 1. The van der Waals surface area contributed by atoms with Crippen LogP contribution >= 0.6 is 11.3 Å². The van der Waals surface area contributed by atoms with Gasteiger partial charge >= 0.3 is 5.97 Å². The van der Waals surface area contributed by atoms with Crippen LogP contribution in [0.25, 0.3) is 0 Å². The van der Waals surface area contributed by atoms with E-state index in [1.54, 1.807) is 0 Å². The van der Waals surface area contributed by atoms with E-state index >= 15 is 0 Å². The second-order valence-electron chi connectivity index (χ2n) is 3.57. The minimum atomic E-state index is -3.71. The molecule has 1 rings (SSSR count). The van der Waals surface area contributed by atoms with Gasteiger partial charge in [-0.05, 0) is 12.1 Å². The fraction of sp³-hybridized carbons (Fsp3) is 0.364. The minimum Gasteiger partial charge on any atom is -0.477 e. The summed E-state index contributed by atoms with van der Waals surface area (Å²) in [6.45, 7) is 4.10. The maximum Gasteiger partial charge on any atom is 0.345 e. The summed E-state index contributed by atoms with van der Waals surface area (Å²) in [7, 11) is -2.23. The third kappa shape index (κ3) is 3.87. The number of carbonyl (C=O) groups is 1. The number of carboxylic acids is 1. The third-order valence-electron chi connectivity index (χ3n) is 2.26. The molecule has 0 aliphatic carbocycles. The molecule has 8 heteroatoms. The van der Waals surface area contributed by atoms with E-state index in [1.165, 1.54) is 29.6 Å². The zero-order chi connectivity index (χ0) is 14.5. The van der Waals surface area contributed by atoms with Crippen LogP contribution in [-0.2, 0) is 14.8 Å². The van der Waals surface area contributed by atoms with Gasteiger partial charge in [-0.25, -0.2) is 13.2 Å². The molecule has 0 atom stereocenters. The van der Waals surface area contributed by atoms with Crippen molar-refractivity contribution in [2.75, 3.05) is 26.8 Å². The van der Waals surface area contributed by atoms with Gasteiger partial charge in [-0.3, -0.25) is 0 Å². The van der Waals surface area contributed by atoms with Crippen LogP contribution in [-0.4, -0.2) is 50.6 Å². The van der Waals surface area contributed by atoms with Gasteiger partial charge in [-0.15, -0.1) is 17.9 Å². The van der Waals surface area contributed by atoms with E-state index in [4.69, 9.17) is 9.84 Å². The molecule has 0 spiro atoms. The molecule has 106 valence electrons. The van der Waals surface area contributed by atoms with Gasteiger partial charge in [0.05, 0.1) is 6.61 Å². The number of hydrogen-bond donors (Lipinski definition) is 1. The molecule has 0 aromatic carbocycles. The van der Waals surface area contributed by atoms with Gasteiger partial charge in [-0.2, -0.15) is 4.31 Å².